The zero-order valence-electron chi connectivity index (χ0n) is 28.6. The molecule has 7 aromatic carbocycles. The van der Waals surface area contributed by atoms with E-state index in [9.17, 15) is 0 Å². The number of benzene rings is 7. The highest BCUT2D eigenvalue weighted by molar-refractivity contribution is 6.23. The molecule has 0 amide bonds. The Balaban J connectivity index is 1.24. The van der Waals surface area contributed by atoms with Crippen LogP contribution in [0.3, 0.4) is 0 Å². The summed E-state index contributed by atoms with van der Waals surface area (Å²) >= 11 is 0. The van der Waals surface area contributed by atoms with Crippen molar-refractivity contribution in [1.29, 1.82) is 0 Å². The molecule has 0 unspecified atom stereocenters. The molecule has 2 aromatic heterocycles. The minimum atomic E-state index is 0.617. The largest absolute Gasteiger partial charge is 0.456 e. The van der Waals surface area contributed by atoms with Gasteiger partial charge in [-0.3, -0.25) is 0 Å². The van der Waals surface area contributed by atoms with Crippen LogP contribution in [0.1, 0.15) is 11.1 Å². The second kappa shape index (κ2) is 13.1. The van der Waals surface area contributed by atoms with Crippen LogP contribution in [0.15, 0.2) is 175 Å². The Morgan fingerprint density at radius 1 is 0.481 bits per heavy atom. The zero-order valence-corrected chi connectivity index (χ0v) is 28.6. The molecule has 4 nitrogen and oxygen atoms in total. The van der Waals surface area contributed by atoms with Crippen molar-refractivity contribution in [2.24, 2.45) is 0 Å². The highest BCUT2D eigenvalue weighted by Gasteiger charge is 2.20. The number of hydrogen-bond acceptors (Lipinski definition) is 4. The van der Waals surface area contributed by atoms with E-state index in [4.69, 9.17) is 19.4 Å². The van der Waals surface area contributed by atoms with E-state index in [-0.39, 0.29) is 0 Å². The molecule has 2 heterocycles. The topological polar surface area (TPSA) is 51.8 Å². The van der Waals surface area contributed by atoms with E-state index in [1.165, 1.54) is 16.3 Å². The Morgan fingerprint density at radius 2 is 1.08 bits per heavy atom. The molecule has 0 fully saturated rings. The summed E-state index contributed by atoms with van der Waals surface area (Å²) in [6.45, 7) is 6.13. The van der Waals surface area contributed by atoms with Crippen molar-refractivity contribution in [3.63, 3.8) is 0 Å². The summed E-state index contributed by atoms with van der Waals surface area (Å²) < 4.78 is 6.45. The van der Waals surface area contributed by atoms with E-state index in [0.717, 1.165) is 66.4 Å². The Morgan fingerprint density at radius 3 is 1.83 bits per heavy atom. The van der Waals surface area contributed by atoms with Gasteiger partial charge in [-0.05, 0) is 63.2 Å². The first-order valence-electron chi connectivity index (χ1n) is 17.4. The number of hydrogen-bond donors (Lipinski definition) is 0. The van der Waals surface area contributed by atoms with Gasteiger partial charge in [-0.15, -0.1) is 0 Å². The second-order valence-corrected chi connectivity index (χ2v) is 12.9. The van der Waals surface area contributed by atoms with Crippen LogP contribution in [0.5, 0.6) is 0 Å². The first-order chi connectivity index (χ1) is 25.7. The fourth-order valence-electron chi connectivity index (χ4n) is 7.18. The maximum atomic E-state index is 6.45. The molecule has 0 saturated heterocycles. The van der Waals surface area contributed by atoms with Gasteiger partial charge in [0.25, 0.3) is 0 Å². The van der Waals surface area contributed by atoms with Crippen molar-refractivity contribution in [3.8, 4) is 56.4 Å². The molecule has 0 aliphatic carbocycles. The summed E-state index contributed by atoms with van der Waals surface area (Å²) in [7, 11) is 0. The minimum absolute atomic E-state index is 0.617. The van der Waals surface area contributed by atoms with Gasteiger partial charge >= 0.3 is 0 Å². The molecular formula is C48H33N3O. The first-order valence-corrected chi connectivity index (χ1v) is 17.4. The Hall–Kier alpha value is -6.91. The molecular weight excluding hydrogens is 635 g/mol. The van der Waals surface area contributed by atoms with E-state index in [1.54, 1.807) is 0 Å². The Bertz CT molecular complexity index is 2800. The van der Waals surface area contributed by atoms with Gasteiger partial charge in [0.1, 0.15) is 11.2 Å². The number of rotatable bonds is 7. The third kappa shape index (κ3) is 5.47. The fourth-order valence-corrected chi connectivity index (χ4v) is 7.18. The number of aromatic nitrogens is 3. The average Bonchev–Trinajstić information content (AvgIpc) is 3.61. The van der Waals surface area contributed by atoms with E-state index in [0.29, 0.717) is 17.5 Å². The molecule has 9 rings (SSSR count). The highest BCUT2D eigenvalue weighted by Crippen LogP contribution is 2.43. The third-order valence-corrected chi connectivity index (χ3v) is 9.75. The predicted octanol–water partition coefficient (Wildman–Crippen LogP) is 12.8. The SMILES string of the molecule is C=C/C=C\c1c(-c2cccc3oc4ccc5ccccc5c4c23)ccc(-c2nc(-c3ccccc3)nc(-c3ccc(-c4ccccc4)cc3)n2)c1C. The van der Waals surface area contributed by atoms with Crippen molar-refractivity contribution in [2.75, 3.05) is 0 Å². The van der Waals surface area contributed by atoms with Crippen LogP contribution in [0, 0.1) is 6.92 Å². The van der Waals surface area contributed by atoms with E-state index >= 15 is 0 Å². The summed E-state index contributed by atoms with van der Waals surface area (Å²) in [6.07, 6.45) is 5.93. The summed E-state index contributed by atoms with van der Waals surface area (Å²) in [6, 6.07) is 52.2. The van der Waals surface area contributed by atoms with Gasteiger partial charge < -0.3 is 4.42 Å². The minimum Gasteiger partial charge on any atom is -0.456 e. The maximum absolute atomic E-state index is 6.45. The van der Waals surface area contributed by atoms with Gasteiger partial charge in [-0.1, -0.05) is 164 Å². The summed E-state index contributed by atoms with van der Waals surface area (Å²) in [5.41, 5.74) is 11.1. The number of nitrogens with zero attached hydrogens (tertiary/aromatic N) is 3. The second-order valence-electron chi connectivity index (χ2n) is 12.9. The van der Waals surface area contributed by atoms with E-state index in [2.05, 4.69) is 135 Å². The third-order valence-electron chi connectivity index (χ3n) is 9.75. The Labute approximate surface area is 302 Å². The van der Waals surface area contributed by atoms with Gasteiger partial charge in [0, 0.05) is 27.5 Å². The average molecular weight is 668 g/mol. The normalized spacial score (nSPS) is 11.6. The van der Waals surface area contributed by atoms with Crippen LogP contribution >= 0.6 is 0 Å². The summed E-state index contributed by atoms with van der Waals surface area (Å²) in [5.74, 6) is 1.86. The van der Waals surface area contributed by atoms with Crippen molar-refractivity contribution in [2.45, 2.75) is 6.92 Å². The lowest BCUT2D eigenvalue weighted by atomic mass is 9.89. The molecule has 0 atom stereocenters. The molecule has 9 aromatic rings. The molecule has 52 heavy (non-hydrogen) atoms. The van der Waals surface area contributed by atoms with Gasteiger partial charge in [0.15, 0.2) is 17.5 Å². The fraction of sp³-hybridized carbons (Fsp3) is 0.0208. The Kier molecular flexibility index (Phi) is 7.83. The van der Waals surface area contributed by atoms with Gasteiger partial charge in [0.2, 0.25) is 0 Å². The molecule has 0 bridgehead atoms. The molecule has 0 N–H and O–H groups in total. The van der Waals surface area contributed by atoms with Crippen LogP contribution in [0.25, 0.3) is 95.2 Å². The maximum Gasteiger partial charge on any atom is 0.164 e. The molecule has 0 saturated carbocycles. The number of fused-ring (bicyclic) bond motifs is 5. The van der Waals surface area contributed by atoms with Gasteiger partial charge in [-0.25, -0.2) is 15.0 Å². The van der Waals surface area contributed by atoms with Crippen LogP contribution in [0.4, 0.5) is 0 Å². The van der Waals surface area contributed by atoms with Crippen LogP contribution < -0.4 is 0 Å². The monoisotopic (exact) mass is 667 g/mol. The number of allylic oxidation sites excluding steroid dienone is 2. The predicted molar refractivity (Wildman–Crippen MR) is 216 cm³/mol. The molecule has 4 heteroatoms. The lowest BCUT2D eigenvalue weighted by Gasteiger charge is -2.16. The smallest absolute Gasteiger partial charge is 0.164 e. The standard InChI is InChI=1S/C48H33N3O/c1-3-4-19-37-31(2)38(28-29-40(37)41-21-13-22-42-45(41)44-39-20-12-11-16-34(39)27-30-43(44)52-42)48-50-46(35-17-9-6-10-18-35)49-47(51-48)36-25-23-33(24-26-36)32-14-7-5-8-15-32/h3-30H,1H2,2H3/b19-4-. The molecule has 0 radical (unpaired) electrons. The molecule has 0 aliphatic heterocycles. The summed E-state index contributed by atoms with van der Waals surface area (Å²) in [4.78, 5) is 15.2. The van der Waals surface area contributed by atoms with Crippen LogP contribution in [-0.2, 0) is 0 Å². The molecule has 246 valence electrons. The lowest BCUT2D eigenvalue weighted by molar-refractivity contribution is 0.669. The van der Waals surface area contributed by atoms with Crippen molar-refractivity contribution < 1.29 is 4.42 Å². The van der Waals surface area contributed by atoms with Crippen LogP contribution in [0.2, 0.25) is 0 Å². The van der Waals surface area contributed by atoms with E-state index in [1.807, 2.05) is 48.6 Å². The van der Waals surface area contributed by atoms with Crippen molar-refractivity contribution >= 4 is 38.8 Å². The van der Waals surface area contributed by atoms with Crippen molar-refractivity contribution in [3.05, 3.63) is 182 Å². The zero-order chi connectivity index (χ0) is 35.0. The summed E-state index contributed by atoms with van der Waals surface area (Å²) in [5, 5.41) is 4.57. The lowest BCUT2D eigenvalue weighted by Crippen LogP contribution is -2.02. The van der Waals surface area contributed by atoms with E-state index < -0.39 is 0 Å². The van der Waals surface area contributed by atoms with Gasteiger partial charge in [0.05, 0.1) is 0 Å². The molecule has 0 spiro atoms. The van der Waals surface area contributed by atoms with Gasteiger partial charge in [-0.2, -0.15) is 0 Å². The first kappa shape index (κ1) is 31.1. The van der Waals surface area contributed by atoms with Crippen molar-refractivity contribution in [1.82, 2.24) is 15.0 Å². The highest BCUT2D eigenvalue weighted by atomic mass is 16.3. The molecule has 0 aliphatic rings. The number of furan rings is 1. The quantitative estimate of drug-likeness (QED) is 0.159. The van der Waals surface area contributed by atoms with Crippen LogP contribution in [-0.4, -0.2) is 15.0 Å².